The van der Waals surface area contributed by atoms with Gasteiger partial charge in [0.1, 0.15) is 5.75 Å². The van der Waals surface area contributed by atoms with Crippen molar-refractivity contribution >= 4 is 15.9 Å². The quantitative estimate of drug-likeness (QED) is 0.775. The summed E-state index contributed by atoms with van der Waals surface area (Å²) in [5.74, 6) is 0.197. The van der Waals surface area contributed by atoms with E-state index in [-0.39, 0.29) is 5.75 Å². The maximum atomic E-state index is 9.75. The van der Waals surface area contributed by atoms with Crippen LogP contribution in [0.15, 0.2) is 16.6 Å². The molecule has 4 heteroatoms. The van der Waals surface area contributed by atoms with Crippen LogP contribution in [-0.4, -0.2) is 23.8 Å². The summed E-state index contributed by atoms with van der Waals surface area (Å²) in [6, 6.07) is 3.31. The molecule has 0 saturated heterocycles. The number of phenolic OH excluding ortho intramolecular Hbond substituents is 1. The van der Waals surface area contributed by atoms with Gasteiger partial charge in [-0.25, -0.2) is 0 Å². The molecule has 0 heterocycles. The van der Waals surface area contributed by atoms with Crippen molar-refractivity contribution in [3.8, 4) is 5.75 Å². The zero-order valence-electron chi connectivity index (χ0n) is 8.21. The predicted octanol–water partition coefficient (Wildman–Crippen LogP) is 1.72. The summed E-state index contributed by atoms with van der Waals surface area (Å²) in [5, 5.41) is 22.0. The summed E-state index contributed by atoms with van der Waals surface area (Å²) >= 11 is 3.27. The van der Waals surface area contributed by atoms with E-state index in [9.17, 15) is 10.2 Å². The first-order valence-corrected chi connectivity index (χ1v) is 5.17. The first-order valence-electron chi connectivity index (χ1n) is 4.38. The third-order valence-electron chi connectivity index (χ3n) is 2.16. The fourth-order valence-corrected chi connectivity index (χ4v) is 1.71. The summed E-state index contributed by atoms with van der Waals surface area (Å²) in [4.78, 5) is 0. The molecule has 1 atom stereocenters. The standard InChI is InChI=1S/C10H14BrNO2/c1-6-7(9(14)5-12-2)3-4-8(13)10(6)11/h3-4,9,12-14H,5H2,1-2H3. The van der Waals surface area contributed by atoms with Crippen molar-refractivity contribution in [2.24, 2.45) is 0 Å². The second-order valence-corrected chi connectivity index (χ2v) is 3.98. The molecule has 1 aromatic rings. The lowest BCUT2D eigenvalue weighted by Crippen LogP contribution is -2.17. The van der Waals surface area contributed by atoms with Gasteiger partial charge in [-0.2, -0.15) is 0 Å². The number of aliphatic hydroxyl groups excluding tert-OH is 1. The van der Waals surface area contributed by atoms with Gasteiger partial charge in [0.15, 0.2) is 0 Å². The molecule has 1 unspecified atom stereocenters. The predicted molar refractivity (Wildman–Crippen MR) is 59.4 cm³/mol. The van der Waals surface area contributed by atoms with Gasteiger partial charge in [0.2, 0.25) is 0 Å². The number of hydrogen-bond acceptors (Lipinski definition) is 3. The molecule has 0 aliphatic rings. The van der Waals surface area contributed by atoms with Crippen LogP contribution < -0.4 is 5.32 Å². The van der Waals surface area contributed by atoms with Crippen LogP contribution >= 0.6 is 15.9 Å². The fourth-order valence-electron chi connectivity index (χ4n) is 1.35. The summed E-state index contributed by atoms with van der Waals surface area (Å²) in [6.45, 7) is 2.36. The SMILES string of the molecule is CNCC(O)c1ccc(O)c(Br)c1C. The highest BCUT2D eigenvalue weighted by Crippen LogP contribution is 2.31. The van der Waals surface area contributed by atoms with Gasteiger partial charge >= 0.3 is 0 Å². The highest BCUT2D eigenvalue weighted by atomic mass is 79.9. The Morgan fingerprint density at radius 2 is 2.14 bits per heavy atom. The van der Waals surface area contributed by atoms with Crippen molar-refractivity contribution in [3.05, 3.63) is 27.7 Å². The molecule has 0 bridgehead atoms. The Balaban J connectivity index is 3.04. The second kappa shape index (κ2) is 4.77. The van der Waals surface area contributed by atoms with Crippen LogP contribution in [-0.2, 0) is 0 Å². The number of rotatable bonds is 3. The molecule has 3 nitrogen and oxygen atoms in total. The lowest BCUT2D eigenvalue weighted by Gasteiger charge is -2.14. The fraction of sp³-hybridized carbons (Fsp3) is 0.400. The van der Waals surface area contributed by atoms with Gasteiger partial charge < -0.3 is 15.5 Å². The van der Waals surface area contributed by atoms with E-state index in [1.165, 1.54) is 0 Å². The normalized spacial score (nSPS) is 12.9. The number of aromatic hydroxyl groups is 1. The summed E-state index contributed by atoms with van der Waals surface area (Å²) < 4.78 is 0.644. The molecule has 14 heavy (non-hydrogen) atoms. The van der Waals surface area contributed by atoms with E-state index in [0.29, 0.717) is 11.0 Å². The molecule has 0 fully saturated rings. The molecule has 1 aromatic carbocycles. The molecule has 0 spiro atoms. The zero-order valence-corrected chi connectivity index (χ0v) is 9.80. The molecular weight excluding hydrogens is 246 g/mol. The smallest absolute Gasteiger partial charge is 0.130 e. The van der Waals surface area contributed by atoms with Gasteiger partial charge in [-0.3, -0.25) is 0 Å². The minimum atomic E-state index is -0.545. The first-order chi connectivity index (χ1) is 6.57. The topological polar surface area (TPSA) is 52.5 Å². The lowest BCUT2D eigenvalue weighted by atomic mass is 10.0. The Morgan fingerprint density at radius 1 is 1.50 bits per heavy atom. The van der Waals surface area contributed by atoms with Crippen molar-refractivity contribution < 1.29 is 10.2 Å². The Hall–Kier alpha value is -0.580. The van der Waals surface area contributed by atoms with Crippen molar-refractivity contribution in [2.45, 2.75) is 13.0 Å². The van der Waals surface area contributed by atoms with Gasteiger partial charge in [-0.05, 0) is 47.1 Å². The number of aliphatic hydroxyl groups is 1. The van der Waals surface area contributed by atoms with Gasteiger partial charge in [0, 0.05) is 6.54 Å². The molecule has 0 radical (unpaired) electrons. The van der Waals surface area contributed by atoms with E-state index in [0.717, 1.165) is 11.1 Å². The van der Waals surface area contributed by atoms with Crippen molar-refractivity contribution in [1.82, 2.24) is 5.32 Å². The number of phenols is 1. The highest BCUT2D eigenvalue weighted by molar-refractivity contribution is 9.10. The molecule has 0 aliphatic carbocycles. The summed E-state index contributed by atoms with van der Waals surface area (Å²) in [7, 11) is 1.79. The monoisotopic (exact) mass is 259 g/mol. The van der Waals surface area contributed by atoms with Crippen LogP contribution in [0.3, 0.4) is 0 Å². The third-order valence-corrected chi connectivity index (χ3v) is 3.17. The van der Waals surface area contributed by atoms with Crippen molar-refractivity contribution in [3.63, 3.8) is 0 Å². The van der Waals surface area contributed by atoms with E-state index in [4.69, 9.17) is 0 Å². The van der Waals surface area contributed by atoms with Crippen LogP contribution in [0.1, 0.15) is 17.2 Å². The van der Waals surface area contributed by atoms with Gasteiger partial charge in [-0.15, -0.1) is 0 Å². The number of likely N-dealkylation sites (N-methyl/N-ethyl adjacent to an activating group) is 1. The van der Waals surface area contributed by atoms with Crippen LogP contribution in [0, 0.1) is 6.92 Å². The van der Waals surface area contributed by atoms with Gasteiger partial charge in [-0.1, -0.05) is 6.07 Å². The number of benzene rings is 1. The van der Waals surface area contributed by atoms with Crippen LogP contribution in [0.2, 0.25) is 0 Å². The molecule has 78 valence electrons. The largest absolute Gasteiger partial charge is 0.507 e. The van der Waals surface area contributed by atoms with Crippen molar-refractivity contribution in [1.29, 1.82) is 0 Å². The van der Waals surface area contributed by atoms with Gasteiger partial charge in [0.05, 0.1) is 10.6 Å². The number of nitrogens with one attached hydrogen (secondary N) is 1. The van der Waals surface area contributed by atoms with E-state index in [2.05, 4.69) is 21.2 Å². The molecular formula is C10H14BrNO2. The summed E-state index contributed by atoms with van der Waals surface area (Å²) in [5.41, 5.74) is 1.69. The van der Waals surface area contributed by atoms with Crippen LogP contribution in [0.5, 0.6) is 5.75 Å². The van der Waals surface area contributed by atoms with Crippen LogP contribution in [0.25, 0.3) is 0 Å². The summed E-state index contributed by atoms with van der Waals surface area (Å²) in [6.07, 6.45) is -0.545. The molecule has 3 N–H and O–H groups in total. The first kappa shape index (κ1) is 11.5. The van der Waals surface area contributed by atoms with E-state index >= 15 is 0 Å². The van der Waals surface area contributed by atoms with E-state index in [1.807, 2.05) is 6.92 Å². The number of halogens is 1. The second-order valence-electron chi connectivity index (χ2n) is 3.19. The Kier molecular flexibility index (Phi) is 3.92. The average molecular weight is 260 g/mol. The van der Waals surface area contributed by atoms with Gasteiger partial charge in [0.25, 0.3) is 0 Å². The highest BCUT2D eigenvalue weighted by Gasteiger charge is 2.13. The van der Waals surface area contributed by atoms with E-state index in [1.54, 1.807) is 19.2 Å². The number of hydrogen-bond donors (Lipinski definition) is 3. The minimum absolute atomic E-state index is 0.197. The van der Waals surface area contributed by atoms with Crippen LogP contribution in [0.4, 0.5) is 0 Å². The third kappa shape index (κ3) is 2.26. The Bertz CT molecular complexity index is 328. The Labute approximate surface area is 91.9 Å². The minimum Gasteiger partial charge on any atom is -0.507 e. The average Bonchev–Trinajstić information content (AvgIpc) is 2.15. The van der Waals surface area contributed by atoms with E-state index < -0.39 is 6.10 Å². The molecule has 0 amide bonds. The molecule has 0 aliphatic heterocycles. The maximum absolute atomic E-state index is 9.75. The maximum Gasteiger partial charge on any atom is 0.130 e. The zero-order chi connectivity index (χ0) is 10.7. The molecule has 0 aromatic heterocycles. The lowest BCUT2D eigenvalue weighted by molar-refractivity contribution is 0.177. The molecule has 1 rings (SSSR count). The molecule has 0 saturated carbocycles. The Morgan fingerprint density at radius 3 is 2.71 bits per heavy atom. The van der Waals surface area contributed by atoms with Crippen molar-refractivity contribution in [2.75, 3.05) is 13.6 Å².